The minimum atomic E-state index is -4.27. The normalized spacial score (nSPS) is 12.3. The standard InChI is InChI=1S/C35H37Cl2N3O4S/c1-25-15-17-27(18-16-25)23-39(32(34(42)38-35(2,3)4)21-26-11-7-5-8-12-26)33(41)24-40(31-20-19-28(36)22-30(31)37)45(43,44)29-13-9-6-10-14-29/h5-20,22,32H,21,23-24H2,1-4H3,(H,38,42)/t32-/m0/s1. The molecule has 0 aliphatic carbocycles. The Morgan fingerprint density at radius 1 is 0.822 bits per heavy atom. The van der Waals surface area contributed by atoms with Crippen molar-refractivity contribution >= 4 is 50.7 Å². The summed E-state index contributed by atoms with van der Waals surface area (Å²) in [6, 6.07) is 28.3. The van der Waals surface area contributed by atoms with Crippen LogP contribution >= 0.6 is 23.2 Å². The molecule has 0 aliphatic rings. The zero-order valence-corrected chi connectivity index (χ0v) is 28.0. The van der Waals surface area contributed by atoms with Crippen LogP contribution in [0, 0.1) is 6.92 Å². The Balaban J connectivity index is 1.83. The van der Waals surface area contributed by atoms with Gasteiger partial charge in [-0.05, 0) is 69.2 Å². The van der Waals surface area contributed by atoms with Crippen molar-refractivity contribution in [3.8, 4) is 0 Å². The summed E-state index contributed by atoms with van der Waals surface area (Å²) >= 11 is 12.7. The van der Waals surface area contributed by atoms with Crippen molar-refractivity contribution in [1.29, 1.82) is 0 Å². The van der Waals surface area contributed by atoms with Crippen LogP contribution in [0.25, 0.3) is 0 Å². The van der Waals surface area contributed by atoms with Crippen molar-refractivity contribution in [2.24, 2.45) is 0 Å². The molecule has 45 heavy (non-hydrogen) atoms. The van der Waals surface area contributed by atoms with Gasteiger partial charge in [-0.15, -0.1) is 0 Å². The first-order chi connectivity index (χ1) is 21.2. The number of aryl methyl sites for hydroxylation is 1. The van der Waals surface area contributed by atoms with Crippen molar-refractivity contribution in [3.05, 3.63) is 130 Å². The van der Waals surface area contributed by atoms with Crippen LogP contribution in [0.5, 0.6) is 0 Å². The van der Waals surface area contributed by atoms with Gasteiger partial charge >= 0.3 is 0 Å². The number of hydrogen-bond donors (Lipinski definition) is 1. The van der Waals surface area contributed by atoms with Gasteiger partial charge in [0, 0.05) is 23.5 Å². The Morgan fingerprint density at radius 2 is 1.42 bits per heavy atom. The molecule has 236 valence electrons. The fourth-order valence-electron chi connectivity index (χ4n) is 4.81. The first kappa shape index (κ1) is 34.0. The lowest BCUT2D eigenvalue weighted by molar-refractivity contribution is -0.140. The highest BCUT2D eigenvalue weighted by Gasteiger charge is 2.36. The number of sulfonamides is 1. The molecule has 0 spiro atoms. The van der Waals surface area contributed by atoms with Crippen molar-refractivity contribution in [2.45, 2.75) is 57.1 Å². The first-order valence-corrected chi connectivity index (χ1v) is 16.7. The molecule has 0 radical (unpaired) electrons. The molecule has 4 aromatic carbocycles. The average Bonchev–Trinajstić information content (AvgIpc) is 2.99. The molecule has 1 N–H and O–H groups in total. The van der Waals surface area contributed by atoms with Crippen LogP contribution in [0.15, 0.2) is 108 Å². The van der Waals surface area contributed by atoms with Crippen LogP contribution in [0.2, 0.25) is 10.0 Å². The number of nitrogens with zero attached hydrogens (tertiary/aromatic N) is 2. The Hall–Kier alpha value is -3.85. The molecule has 2 amide bonds. The van der Waals surface area contributed by atoms with Gasteiger partial charge in [0.1, 0.15) is 12.6 Å². The molecule has 10 heteroatoms. The van der Waals surface area contributed by atoms with Crippen LogP contribution in [0.4, 0.5) is 5.69 Å². The minimum Gasteiger partial charge on any atom is -0.350 e. The molecule has 0 bridgehead atoms. The summed E-state index contributed by atoms with van der Waals surface area (Å²) in [4.78, 5) is 29.9. The first-order valence-electron chi connectivity index (χ1n) is 14.5. The topological polar surface area (TPSA) is 86.8 Å². The largest absolute Gasteiger partial charge is 0.350 e. The maximum Gasteiger partial charge on any atom is 0.264 e. The van der Waals surface area contributed by atoms with Gasteiger partial charge in [-0.25, -0.2) is 8.42 Å². The molecule has 0 aliphatic heterocycles. The number of amides is 2. The SMILES string of the molecule is Cc1ccc(CN(C(=O)CN(c2ccc(Cl)cc2Cl)S(=O)(=O)c2ccccc2)[C@@H](Cc2ccccc2)C(=O)NC(C)(C)C)cc1. The fraction of sp³-hybridized carbons (Fsp3) is 0.257. The van der Waals surface area contributed by atoms with E-state index in [-0.39, 0.29) is 34.5 Å². The third kappa shape index (κ3) is 9.10. The Morgan fingerprint density at radius 3 is 2.00 bits per heavy atom. The molecular weight excluding hydrogens is 629 g/mol. The predicted octanol–water partition coefficient (Wildman–Crippen LogP) is 7.05. The fourth-order valence-corrected chi connectivity index (χ4v) is 6.83. The van der Waals surface area contributed by atoms with Gasteiger partial charge in [-0.1, -0.05) is 102 Å². The van der Waals surface area contributed by atoms with Crippen LogP contribution in [-0.4, -0.2) is 43.3 Å². The lowest BCUT2D eigenvalue weighted by Gasteiger charge is -2.35. The summed E-state index contributed by atoms with van der Waals surface area (Å²) in [6.45, 7) is 7.03. The van der Waals surface area contributed by atoms with Gasteiger partial charge in [0.2, 0.25) is 11.8 Å². The average molecular weight is 667 g/mol. The van der Waals surface area contributed by atoms with E-state index in [9.17, 15) is 18.0 Å². The highest BCUT2D eigenvalue weighted by Crippen LogP contribution is 2.33. The Bertz CT molecular complexity index is 1730. The van der Waals surface area contributed by atoms with Crippen LogP contribution < -0.4 is 9.62 Å². The van der Waals surface area contributed by atoms with Gasteiger partial charge < -0.3 is 10.2 Å². The van der Waals surface area contributed by atoms with Crippen LogP contribution in [0.1, 0.15) is 37.5 Å². The number of anilines is 1. The van der Waals surface area contributed by atoms with Crippen LogP contribution in [0.3, 0.4) is 0 Å². The zero-order valence-electron chi connectivity index (χ0n) is 25.7. The Labute approximate surface area is 275 Å². The van der Waals surface area contributed by atoms with E-state index in [1.165, 1.54) is 35.2 Å². The third-order valence-electron chi connectivity index (χ3n) is 7.03. The zero-order chi connectivity index (χ0) is 32.8. The Kier molecular flexibility index (Phi) is 11.0. The summed E-state index contributed by atoms with van der Waals surface area (Å²) in [5.74, 6) is -0.931. The summed E-state index contributed by atoms with van der Waals surface area (Å²) in [6.07, 6.45) is 0.216. The molecule has 0 saturated carbocycles. The quantitative estimate of drug-likeness (QED) is 0.186. The number of hydrogen-bond acceptors (Lipinski definition) is 4. The molecule has 0 saturated heterocycles. The second-order valence-corrected chi connectivity index (χ2v) is 14.6. The summed E-state index contributed by atoms with van der Waals surface area (Å²) in [5, 5.41) is 3.40. The monoisotopic (exact) mass is 665 g/mol. The van der Waals surface area contributed by atoms with E-state index in [0.717, 1.165) is 21.0 Å². The van der Waals surface area contributed by atoms with Gasteiger partial charge in [-0.2, -0.15) is 0 Å². The van der Waals surface area contributed by atoms with Gasteiger partial charge in [-0.3, -0.25) is 13.9 Å². The highest BCUT2D eigenvalue weighted by atomic mass is 35.5. The van der Waals surface area contributed by atoms with Crippen molar-refractivity contribution in [2.75, 3.05) is 10.8 Å². The van der Waals surface area contributed by atoms with E-state index in [0.29, 0.717) is 5.02 Å². The molecule has 0 unspecified atom stereocenters. The summed E-state index contributed by atoms with van der Waals surface area (Å²) in [7, 11) is -4.27. The maximum absolute atomic E-state index is 14.5. The molecule has 0 fully saturated rings. The number of nitrogens with one attached hydrogen (secondary N) is 1. The molecule has 0 heterocycles. The number of carbonyl (C=O) groups is 2. The van der Waals surface area contributed by atoms with Gasteiger partial charge in [0.25, 0.3) is 10.0 Å². The van der Waals surface area contributed by atoms with E-state index < -0.39 is 34.1 Å². The van der Waals surface area contributed by atoms with E-state index in [1.54, 1.807) is 18.2 Å². The minimum absolute atomic E-state index is 0.0137. The van der Waals surface area contributed by atoms with Crippen molar-refractivity contribution in [1.82, 2.24) is 10.2 Å². The second-order valence-electron chi connectivity index (χ2n) is 11.9. The van der Waals surface area contributed by atoms with Crippen molar-refractivity contribution in [3.63, 3.8) is 0 Å². The molecular formula is C35H37Cl2N3O4S. The summed E-state index contributed by atoms with van der Waals surface area (Å²) < 4.78 is 29.2. The van der Waals surface area contributed by atoms with E-state index in [2.05, 4.69) is 5.32 Å². The molecule has 0 aromatic heterocycles. The molecule has 1 atom stereocenters. The van der Waals surface area contributed by atoms with E-state index >= 15 is 0 Å². The third-order valence-corrected chi connectivity index (χ3v) is 9.34. The van der Waals surface area contributed by atoms with Crippen LogP contribution in [-0.2, 0) is 32.6 Å². The van der Waals surface area contributed by atoms with Gasteiger partial charge in [0.05, 0.1) is 15.6 Å². The predicted molar refractivity (Wildman–Crippen MR) is 181 cm³/mol. The van der Waals surface area contributed by atoms with E-state index in [4.69, 9.17) is 23.2 Å². The lowest BCUT2D eigenvalue weighted by Crippen LogP contribution is -2.56. The number of halogens is 2. The summed E-state index contributed by atoms with van der Waals surface area (Å²) in [5.41, 5.74) is 2.19. The lowest BCUT2D eigenvalue weighted by atomic mass is 10.0. The highest BCUT2D eigenvalue weighted by molar-refractivity contribution is 7.92. The molecule has 4 rings (SSSR count). The number of carbonyl (C=O) groups excluding carboxylic acids is 2. The smallest absolute Gasteiger partial charge is 0.264 e. The molecule has 7 nitrogen and oxygen atoms in total. The van der Waals surface area contributed by atoms with Crippen molar-refractivity contribution < 1.29 is 18.0 Å². The van der Waals surface area contributed by atoms with Gasteiger partial charge in [0.15, 0.2) is 0 Å². The number of rotatable bonds is 11. The van der Waals surface area contributed by atoms with E-state index in [1.807, 2.05) is 82.3 Å². The molecule has 4 aromatic rings. The number of benzene rings is 4. The maximum atomic E-state index is 14.5. The second kappa shape index (κ2) is 14.5.